The molecule has 3 aromatic rings. The van der Waals surface area contributed by atoms with Crippen LogP contribution in [0.5, 0.6) is 11.5 Å². The van der Waals surface area contributed by atoms with E-state index in [0.29, 0.717) is 30.4 Å². The number of benzene rings is 3. The molecule has 230 valence electrons. The molecule has 2 amide bonds. The number of nitrogens with one attached hydrogen (secondary N) is 1. The summed E-state index contributed by atoms with van der Waals surface area (Å²) >= 11 is 0. The number of hydrogen-bond donors (Lipinski definition) is 1. The second-order valence-corrected chi connectivity index (χ2v) is 12.9. The molecule has 0 bridgehead atoms. The molecule has 0 saturated heterocycles. The Morgan fingerprint density at radius 1 is 0.907 bits per heavy atom. The highest BCUT2D eigenvalue weighted by atomic mass is 32.2. The van der Waals surface area contributed by atoms with Crippen molar-refractivity contribution in [1.29, 1.82) is 0 Å². The lowest BCUT2D eigenvalue weighted by atomic mass is 10.0. The van der Waals surface area contributed by atoms with Gasteiger partial charge in [-0.05, 0) is 50.5 Å². The average molecular weight is 608 g/mol. The Kier molecular flexibility index (Phi) is 10.7. The van der Waals surface area contributed by atoms with Gasteiger partial charge in [-0.25, -0.2) is 8.42 Å². The molecule has 0 radical (unpaired) electrons. The molecule has 2 unspecified atom stereocenters. The van der Waals surface area contributed by atoms with Crippen LogP contribution in [0.15, 0.2) is 72.8 Å². The number of ether oxygens (including phenoxy) is 2. The van der Waals surface area contributed by atoms with Gasteiger partial charge >= 0.3 is 0 Å². The number of carbonyl (C=O) groups excluding carboxylic acids is 2. The Balaban J connectivity index is 1.75. The van der Waals surface area contributed by atoms with E-state index in [2.05, 4.69) is 5.32 Å². The summed E-state index contributed by atoms with van der Waals surface area (Å²) in [4.78, 5) is 29.6. The van der Waals surface area contributed by atoms with Crippen LogP contribution in [0.1, 0.15) is 43.9 Å². The van der Waals surface area contributed by atoms with Gasteiger partial charge < -0.3 is 19.7 Å². The number of sulfonamides is 1. The first kappa shape index (κ1) is 31.9. The summed E-state index contributed by atoms with van der Waals surface area (Å²) in [6.07, 6.45) is 0.994. The molecular weight excluding hydrogens is 566 g/mol. The minimum atomic E-state index is -3.89. The third-order valence-corrected chi connectivity index (χ3v) is 9.28. The van der Waals surface area contributed by atoms with Gasteiger partial charge in [-0.3, -0.25) is 13.9 Å². The fraction of sp³-hybridized carbons (Fsp3) is 0.394. The average Bonchev–Trinajstić information content (AvgIpc) is 3.02. The van der Waals surface area contributed by atoms with Gasteiger partial charge in [-0.2, -0.15) is 0 Å². The molecule has 0 saturated carbocycles. The van der Waals surface area contributed by atoms with Crippen molar-refractivity contribution in [3.05, 3.63) is 89.5 Å². The molecule has 3 aromatic carbocycles. The number of aryl methyl sites for hydroxylation is 1. The number of amides is 2. The third kappa shape index (κ3) is 8.28. The van der Waals surface area contributed by atoms with Gasteiger partial charge in [-0.15, -0.1) is 0 Å². The zero-order valence-electron chi connectivity index (χ0n) is 25.3. The van der Waals surface area contributed by atoms with E-state index in [1.54, 1.807) is 18.2 Å². The summed E-state index contributed by atoms with van der Waals surface area (Å²) < 4.78 is 39.2. The highest BCUT2D eigenvalue weighted by Gasteiger charge is 2.34. The Bertz CT molecular complexity index is 1490. The van der Waals surface area contributed by atoms with Crippen molar-refractivity contribution in [3.8, 4) is 11.5 Å². The van der Waals surface area contributed by atoms with Gasteiger partial charge in [0, 0.05) is 25.1 Å². The van der Waals surface area contributed by atoms with Crippen molar-refractivity contribution in [3.63, 3.8) is 0 Å². The van der Waals surface area contributed by atoms with Crippen molar-refractivity contribution < 1.29 is 27.5 Å². The molecule has 0 aromatic heterocycles. The first-order chi connectivity index (χ1) is 20.6. The quantitative estimate of drug-likeness (QED) is 0.307. The molecule has 1 aliphatic heterocycles. The van der Waals surface area contributed by atoms with E-state index in [9.17, 15) is 18.0 Å². The highest BCUT2D eigenvalue weighted by molar-refractivity contribution is 7.92. The molecule has 0 spiro atoms. The van der Waals surface area contributed by atoms with Crippen LogP contribution in [0.2, 0.25) is 0 Å². The Morgan fingerprint density at radius 3 is 2.23 bits per heavy atom. The van der Waals surface area contributed by atoms with Crippen LogP contribution in [0, 0.1) is 6.92 Å². The van der Waals surface area contributed by atoms with Crippen LogP contribution in [-0.2, 0) is 32.6 Å². The summed E-state index contributed by atoms with van der Waals surface area (Å²) in [5.74, 6) is -0.0652. The number of fused-ring (bicyclic) bond motifs is 1. The van der Waals surface area contributed by atoms with Crippen LogP contribution in [0.3, 0.4) is 0 Å². The fourth-order valence-corrected chi connectivity index (χ4v) is 5.85. The Hall–Kier alpha value is -4.05. The van der Waals surface area contributed by atoms with E-state index in [4.69, 9.17) is 9.47 Å². The standard InChI is InChI=1S/C33H41N3O6S/c1-5-25(4)34-33(38)29(20-26-10-8-7-9-11-26)35(22-27-14-12-24(3)13-15-27)32(37)23-36(43(39,40)6-2)28-16-17-30-31(21-28)42-19-18-41-30/h7-17,21,25,29H,5-6,18-20,22-23H2,1-4H3,(H,34,38). The SMILES string of the molecule is CCC(C)NC(=O)C(Cc1ccccc1)N(Cc1ccc(C)cc1)C(=O)CN(c1ccc2c(c1)OCCO2)S(=O)(=O)CC. The molecule has 43 heavy (non-hydrogen) atoms. The molecule has 10 heteroatoms. The lowest BCUT2D eigenvalue weighted by Gasteiger charge is -2.34. The van der Waals surface area contributed by atoms with Crippen molar-refractivity contribution >= 4 is 27.5 Å². The van der Waals surface area contributed by atoms with Crippen LogP contribution in [0.4, 0.5) is 5.69 Å². The molecule has 4 rings (SSSR count). The summed E-state index contributed by atoms with van der Waals surface area (Å²) in [5.41, 5.74) is 3.07. The molecule has 1 aliphatic rings. The van der Waals surface area contributed by atoms with E-state index in [-0.39, 0.29) is 30.7 Å². The highest BCUT2D eigenvalue weighted by Crippen LogP contribution is 2.35. The maximum absolute atomic E-state index is 14.3. The first-order valence-electron chi connectivity index (χ1n) is 14.7. The summed E-state index contributed by atoms with van der Waals surface area (Å²) in [7, 11) is -3.89. The maximum atomic E-state index is 14.3. The molecule has 1 heterocycles. The topological polar surface area (TPSA) is 105 Å². The van der Waals surface area contributed by atoms with Gasteiger partial charge in [0.25, 0.3) is 0 Å². The predicted molar refractivity (Wildman–Crippen MR) is 168 cm³/mol. The van der Waals surface area contributed by atoms with Crippen LogP contribution in [0.25, 0.3) is 0 Å². The number of nitrogens with zero attached hydrogens (tertiary/aromatic N) is 2. The summed E-state index contributed by atoms with van der Waals surface area (Å²) in [6.45, 7) is 7.80. The monoisotopic (exact) mass is 607 g/mol. The van der Waals surface area contributed by atoms with E-state index in [1.165, 1.54) is 11.8 Å². The van der Waals surface area contributed by atoms with Crippen LogP contribution < -0.4 is 19.1 Å². The second kappa shape index (κ2) is 14.4. The maximum Gasteiger partial charge on any atom is 0.244 e. The molecule has 9 nitrogen and oxygen atoms in total. The lowest BCUT2D eigenvalue weighted by molar-refractivity contribution is -0.140. The Morgan fingerprint density at radius 2 is 1.58 bits per heavy atom. The van der Waals surface area contributed by atoms with Crippen molar-refractivity contribution in [2.24, 2.45) is 0 Å². The predicted octanol–water partition coefficient (Wildman–Crippen LogP) is 4.48. The zero-order valence-corrected chi connectivity index (χ0v) is 26.1. The van der Waals surface area contributed by atoms with Gasteiger partial charge in [0.05, 0.1) is 11.4 Å². The molecule has 0 aliphatic carbocycles. The smallest absolute Gasteiger partial charge is 0.244 e. The third-order valence-electron chi connectivity index (χ3n) is 7.54. The van der Waals surface area contributed by atoms with Gasteiger partial charge in [0.2, 0.25) is 21.8 Å². The summed E-state index contributed by atoms with van der Waals surface area (Å²) in [5, 5.41) is 3.05. The van der Waals surface area contributed by atoms with Crippen molar-refractivity contribution in [1.82, 2.24) is 10.2 Å². The molecule has 2 atom stereocenters. The van der Waals surface area contributed by atoms with E-state index < -0.39 is 28.5 Å². The van der Waals surface area contributed by atoms with E-state index in [1.807, 2.05) is 75.4 Å². The second-order valence-electron chi connectivity index (χ2n) is 10.8. The molecule has 1 N–H and O–H groups in total. The molecule has 0 fully saturated rings. The lowest BCUT2D eigenvalue weighted by Crippen LogP contribution is -2.54. The van der Waals surface area contributed by atoms with Crippen LogP contribution in [-0.4, -0.2) is 62.7 Å². The normalized spacial score (nSPS) is 14.0. The van der Waals surface area contributed by atoms with Gasteiger partial charge in [0.1, 0.15) is 25.8 Å². The number of carbonyl (C=O) groups is 2. The zero-order chi connectivity index (χ0) is 31.0. The van der Waals surface area contributed by atoms with Gasteiger partial charge in [-0.1, -0.05) is 67.1 Å². The molecular formula is C33H41N3O6S. The van der Waals surface area contributed by atoms with Crippen LogP contribution >= 0.6 is 0 Å². The largest absolute Gasteiger partial charge is 0.486 e. The minimum Gasteiger partial charge on any atom is -0.486 e. The van der Waals surface area contributed by atoms with E-state index in [0.717, 1.165) is 27.4 Å². The number of hydrogen-bond acceptors (Lipinski definition) is 6. The first-order valence-corrected chi connectivity index (χ1v) is 16.3. The number of rotatable bonds is 13. The van der Waals surface area contributed by atoms with E-state index >= 15 is 0 Å². The minimum absolute atomic E-state index is 0.100. The fourth-order valence-electron chi connectivity index (χ4n) is 4.79. The van der Waals surface area contributed by atoms with Crippen molar-refractivity contribution in [2.45, 2.75) is 59.2 Å². The summed E-state index contributed by atoms with van der Waals surface area (Å²) in [6, 6.07) is 21.1. The van der Waals surface area contributed by atoms with Crippen molar-refractivity contribution in [2.75, 3.05) is 29.8 Å². The Labute approximate surface area is 254 Å². The van der Waals surface area contributed by atoms with Gasteiger partial charge in [0.15, 0.2) is 11.5 Å². The number of anilines is 1.